The number of amides is 2. The molecule has 0 fully saturated rings. The Bertz CT molecular complexity index is 1060. The van der Waals surface area contributed by atoms with Gasteiger partial charge in [-0.15, -0.1) is 13.2 Å². The van der Waals surface area contributed by atoms with Gasteiger partial charge in [-0.3, -0.25) is 14.6 Å². The molecule has 3 aromatic rings. The van der Waals surface area contributed by atoms with Crippen molar-refractivity contribution < 1.29 is 27.6 Å². The number of aromatic nitrogens is 1. The summed E-state index contributed by atoms with van der Waals surface area (Å²) in [6, 6.07) is 16.7. The predicted octanol–water partition coefficient (Wildman–Crippen LogP) is 4.20. The molecular formula is C23H21F3N4O3. The largest absolute Gasteiger partial charge is 0.544 e. The molecule has 0 saturated heterocycles. The van der Waals surface area contributed by atoms with Gasteiger partial charge in [0.15, 0.2) is 0 Å². The smallest absolute Gasteiger partial charge is 0.324 e. The number of benzene rings is 2. The minimum atomic E-state index is -5.03. The number of carbonyl (C=O) groups excluding carboxylic acids is 2. The highest BCUT2D eigenvalue weighted by atomic mass is 19.4. The van der Waals surface area contributed by atoms with Crippen LogP contribution in [0.5, 0.6) is 0 Å². The molecule has 3 N–H and O–H groups in total. The van der Waals surface area contributed by atoms with E-state index in [1.54, 1.807) is 67.0 Å². The molecule has 2 aromatic carbocycles. The summed E-state index contributed by atoms with van der Waals surface area (Å²) in [6.07, 6.45) is -2.37. The lowest BCUT2D eigenvalue weighted by Crippen LogP contribution is -2.37. The number of nitrogens with zero attached hydrogens (tertiary/aromatic N) is 2. The number of alkyl halides is 3. The fourth-order valence-electron chi connectivity index (χ4n) is 2.97. The Morgan fingerprint density at radius 2 is 1.64 bits per heavy atom. The van der Waals surface area contributed by atoms with E-state index in [2.05, 4.69) is 15.1 Å². The van der Waals surface area contributed by atoms with Gasteiger partial charge >= 0.3 is 6.36 Å². The highest BCUT2D eigenvalue weighted by Crippen LogP contribution is 2.23. The van der Waals surface area contributed by atoms with Gasteiger partial charge in [0.05, 0.1) is 6.54 Å². The molecule has 0 aliphatic rings. The number of rotatable bonds is 8. The van der Waals surface area contributed by atoms with Gasteiger partial charge in [-0.25, -0.2) is 5.06 Å². The molecule has 0 aliphatic carbocycles. The molecule has 0 spiro atoms. The zero-order valence-corrected chi connectivity index (χ0v) is 17.3. The maximum Gasteiger partial charge on any atom is 0.544 e. The van der Waals surface area contributed by atoms with Gasteiger partial charge in [-0.1, -0.05) is 42.5 Å². The quantitative estimate of drug-likeness (QED) is 0.493. The summed E-state index contributed by atoms with van der Waals surface area (Å²) >= 11 is 0. The van der Waals surface area contributed by atoms with Crippen molar-refractivity contribution in [2.45, 2.75) is 25.4 Å². The van der Waals surface area contributed by atoms with Crippen LogP contribution in [0.4, 0.5) is 18.9 Å². The molecule has 3 rings (SSSR count). The van der Waals surface area contributed by atoms with Crippen LogP contribution in [-0.2, 0) is 16.2 Å². The Morgan fingerprint density at radius 3 is 2.24 bits per heavy atom. The Hall–Kier alpha value is -3.76. The lowest BCUT2D eigenvalue weighted by Gasteiger charge is -2.24. The van der Waals surface area contributed by atoms with Crippen molar-refractivity contribution in [3.63, 3.8) is 0 Å². The first kappa shape index (κ1) is 23.9. The maximum atomic E-state index is 12.8. The SMILES string of the molecule is NC(CC(=O)N(Cc1ccccc1)OC(F)(F)F)c1ccc(C(=O)Nc2ccncc2)cc1. The molecule has 10 heteroatoms. The van der Waals surface area contributed by atoms with Gasteiger partial charge in [0.2, 0.25) is 5.91 Å². The Labute approximate surface area is 187 Å². The molecule has 0 bridgehead atoms. The summed E-state index contributed by atoms with van der Waals surface area (Å²) in [7, 11) is 0. The van der Waals surface area contributed by atoms with Gasteiger partial charge < -0.3 is 11.1 Å². The third-order valence-corrected chi connectivity index (χ3v) is 4.59. The summed E-state index contributed by atoms with van der Waals surface area (Å²) in [4.78, 5) is 32.6. The van der Waals surface area contributed by atoms with Gasteiger partial charge in [0.25, 0.3) is 5.91 Å². The fourth-order valence-corrected chi connectivity index (χ4v) is 2.97. The summed E-state index contributed by atoms with van der Waals surface area (Å²) < 4.78 is 38.5. The number of nitrogens with one attached hydrogen (secondary N) is 1. The van der Waals surface area contributed by atoms with Crippen molar-refractivity contribution >= 4 is 17.5 Å². The average molecular weight is 458 g/mol. The van der Waals surface area contributed by atoms with Crippen LogP contribution in [0.15, 0.2) is 79.1 Å². The molecule has 33 heavy (non-hydrogen) atoms. The minimum absolute atomic E-state index is 0.256. The normalized spacial score (nSPS) is 12.1. The van der Waals surface area contributed by atoms with Crippen molar-refractivity contribution in [1.82, 2.24) is 10.0 Å². The van der Waals surface area contributed by atoms with Gasteiger partial charge in [-0.2, -0.15) is 4.84 Å². The van der Waals surface area contributed by atoms with Crippen LogP contribution in [-0.4, -0.2) is 28.2 Å². The number of pyridine rings is 1. The van der Waals surface area contributed by atoms with E-state index in [0.29, 0.717) is 22.4 Å². The van der Waals surface area contributed by atoms with Crippen LogP contribution in [0, 0.1) is 0 Å². The van der Waals surface area contributed by atoms with Crippen molar-refractivity contribution in [3.8, 4) is 0 Å². The number of hydrogen-bond acceptors (Lipinski definition) is 5. The van der Waals surface area contributed by atoms with Crippen molar-refractivity contribution in [2.24, 2.45) is 5.73 Å². The number of anilines is 1. The monoisotopic (exact) mass is 458 g/mol. The highest BCUT2D eigenvalue weighted by Gasteiger charge is 2.36. The third-order valence-electron chi connectivity index (χ3n) is 4.59. The van der Waals surface area contributed by atoms with Gasteiger partial charge in [0.1, 0.15) is 0 Å². The highest BCUT2D eigenvalue weighted by molar-refractivity contribution is 6.04. The van der Waals surface area contributed by atoms with Crippen LogP contribution < -0.4 is 11.1 Å². The molecule has 2 amide bonds. The molecule has 0 aliphatic heterocycles. The molecule has 1 atom stereocenters. The lowest BCUT2D eigenvalue weighted by molar-refractivity contribution is -0.405. The third kappa shape index (κ3) is 7.41. The fraction of sp³-hybridized carbons (Fsp3) is 0.174. The standard InChI is InChI=1S/C23H21F3N4O3/c24-23(25,26)33-30(15-16-4-2-1-3-5-16)21(31)14-20(27)17-6-8-18(9-7-17)22(32)29-19-10-12-28-13-11-19/h1-13,20H,14-15,27H2,(H,28,29,32). The van der Waals surface area contributed by atoms with Gasteiger partial charge in [-0.05, 0) is 35.4 Å². The van der Waals surface area contributed by atoms with Crippen LogP contribution in [0.25, 0.3) is 0 Å². The van der Waals surface area contributed by atoms with E-state index < -0.39 is 24.7 Å². The van der Waals surface area contributed by atoms with E-state index in [1.165, 1.54) is 12.1 Å². The minimum Gasteiger partial charge on any atom is -0.324 e. The maximum absolute atomic E-state index is 12.8. The summed E-state index contributed by atoms with van der Waals surface area (Å²) in [5.74, 6) is -1.28. The zero-order valence-electron chi connectivity index (χ0n) is 17.3. The number of nitrogens with two attached hydrogens (primary N) is 1. The average Bonchev–Trinajstić information content (AvgIpc) is 2.79. The lowest BCUT2D eigenvalue weighted by atomic mass is 10.0. The molecular weight excluding hydrogens is 437 g/mol. The van der Waals surface area contributed by atoms with Crippen LogP contribution >= 0.6 is 0 Å². The topological polar surface area (TPSA) is 97.5 Å². The molecule has 1 heterocycles. The van der Waals surface area contributed by atoms with E-state index >= 15 is 0 Å². The van der Waals surface area contributed by atoms with Gasteiger partial charge in [0, 0.05) is 36.1 Å². The van der Waals surface area contributed by atoms with Crippen molar-refractivity contribution in [1.29, 1.82) is 0 Å². The second-order valence-electron chi connectivity index (χ2n) is 7.08. The van der Waals surface area contributed by atoms with Crippen molar-refractivity contribution in [2.75, 3.05) is 5.32 Å². The number of carbonyl (C=O) groups is 2. The first-order chi connectivity index (χ1) is 15.7. The summed E-state index contributed by atoms with van der Waals surface area (Å²) in [6.45, 7) is -0.389. The molecule has 1 aromatic heterocycles. The van der Waals surface area contributed by atoms with E-state index in [-0.39, 0.29) is 17.5 Å². The summed E-state index contributed by atoms with van der Waals surface area (Å²) in [5, 5.41) is 2.96. The van der Waals surface area contributed by atoms with Crippen LogP contribution in [0.2, 0.25) is 0 Å². The first-order valence-corrected chi connectivity index (χ1v) is 9.88. The van der Waals surface area contributed by atoms with E-state index in [9.17, 15) is 22.8 Å². The molecule has 0 radical (unpaired) electrons. The predicted molar refractivity (Wildman–Crippen MR) is 114 cm³/mol. The molecule has 0 saturated carbocycles. The van der Waals surface area contributed by atoms with E-state index in [4.69, 9.17) is 5.73 Å². The van der Waals surface area contributed by atoms with E-state index in [1.807, 2.05) is 0 Å². The number of hydroxylamine groups is 2. The Balaban J connectivity index is 1.64. The number of halogens is 3. The molecule has 172 valence electrons. The first-order valence-electron chi connectivity index (χ1n) is 9.88. The van der Waals surface area contributed by atoms with E-state index in [0.717, 1.165) is 0 Å². The second kappa shape index (κ2) is 10.7. The Morgan fingerprint density at radius 1 is 1.00 bits per heavy atom. The number of hydrogen-bond donors (Lipinski definition) is 2. The van der Waals surface area contributed by atoms with Crippen LogP contribution in [0.3, 0.4) is 0 Å². The van der Waals surface area contributed by atoms with Crippen LogP contribution in [0.1, 0.15) is 33.9 Å². The Kier molecular flexibility index (Phi) is 7.75. The zero-order chi connectivity index (χ0) is 23.8. The van der Waals surface area contributed by atoms with Crippen molar-refractivity contribution in [3.05, 3.63) is 95.8 Å². The molecule has 1 unspecified atom stereocenters. The molecule has 7 nitrogen and oxygen atoms in total. The second-order valence-corrected chi connectivity index (χ2v) is 7.08. The summed E-state index contributed by atoms with van der Waals surface area (Å²) in [5.41, 5.74) is 7.92.